The molecule has 142 valence electrons. The highest BCUT2D eigenvalue weighted by Crippen LogP contribution is 2.37. The zero-order valence-corrected chi connectivity index (χ0v) is 16.1. The molecule has 0 fully saturated rings. The summed E-state index contributed by atoms with van der Waals surface area (Å²) in [5.74, 6) is -0.190. The van der Waals surface area contributed by atoms with Crippen molar-refractivity contribution in [1.82, 2.24) is 9.55 Å². The Labute approximate surface area is 162 Å². The first-order valence-electron chi connectivity index (χ1n) is 9.16. The van der Waals surface area contributed by atoms with Crippen molar-refractivity contribution in [3.05, 3.63) is 53.9 Å². The summed E-state index contributed by atoms with van der Waals surface area (Å²) < 4.78 is 7.12. The Balaban J connectivity index is 2.03. The molecule has 0 unspecified atom stereocenters. The average Bonchev–Trinajstić information content (AvgIpc) is 3.07. The van der Waals surface area contributed by atoms with E-state index in [1.165, 1.54) is 7.11 Å². The number of nitrogens with one attached hydrogen (secondary N) is 1. The second kappa shape index (κ2) is 6.96. The second-order valence-electron chi connectivity index (χ2n) is 6.87. The van der Waals surface area contributed by atoms with Crippen LogP contribution in [0.3, 0.4) is 0 Å². The van der Waals surface area contributed by atoms with Gasteiger partial charge < -0.3 is 14.4 Å². The highest BCUT2D eigenvalue weighted by Gasteiger charge is 2.22. The van der Waals surface area contributed by atoms with E-state index >= 15 is 0 Å². The molecule has 0 spiro atoms. The van der Waals surface area contributed by atoms with Gasteiger partial charge in [0.2, 0.25) is 0 Å². The quantitative estimate of drug-likeness (QED) is 0.326. The molecule has 0 bridgehead atoms. The summed E-state index contributed by atoms with van der Waals surface area (Å²) in [4.78, 5) is 20.3. The van der Waals surface area contributed by atoms with E-state index in [4.69, 9.17) is 9.72 Å². The fourth-order valence-corrected chi connectivity index (χ4v) is 3.78. The Kier molecular flexibility index (Phi) is 4.47. The van der Waals surface area contributed by atoms with Crippen LogP contribution < -0.4 is 4.99 Å². The summed E-state index contributed by atoms with van der Waals surface area (Å²) in [6.07, 6.45) is 3.96. The Hall–Kier alpha value is -3.41. The minimum atomic E-state index is -0.386. The predicted molar refractivity (Wildman–Crippen MR) is 110 cm³/mol. The molecule has 2 N–H and O–H groups in total. The molecular formula is C22H22N3O3+. The first-order chi connectivity index (χ1) is 13.5. The van der Waals surface area contributed by atoms with Gasteiger partial charge in [-0.25, -0.2) is 14.8 Å². The zero-order chi connectivity index (χ0) is 19.8. The number of fused-ring (bicyclic) bond motifs is 4. The van der Waals surface area contributed by atoms with E-state index in [-0.39, 0.29) is 11.9 Å². The van der Waals surface area contributed by atoms with Gasteiger partial charge in [0, 0.05) is 33.9 Å². The number of hydrogen-bond donors (Lipinski definition) is 2. The van der Waals surface area contributed by atoms with Gasteiger partial charge in [0.05, 0.1) is 37.2 Å². The molecule has 4 aromatic rings. The number of pyridine rings is 1. The number of esters is 1. The first kappa shape index (κ1) is 18.0. The smallest absolute Gasteiger partial charge is 0.340 e. The number of carbonyl (C=O) groups excluding carboxylic acids is 1. The van der Waals surface area contributed by atoms with Crippen LogP contribution in [0.25, 0.3) is 32.6 Å². The highest BCUT2D eigenvalue weighted by molar-refractivity contribution is 6.23. The van der Waals surface area contributed by atoms with Crippen LogP contribution in [-0.4, -0.2) is 40.2 Å². The van der Waals surface area contributed by atoms with E-state index in [1.807, 2.05) is 47.3 Å². The third kappa shape index (κ3) is 2.87. The molecule has 0 saturated heterocycles. The summed E-state index contributed by atoms with van der Waals surface area (Å²) in [6.45, 7) is 4.96. The molecule has 2 heterocycles. The van der Waals surface area contributed by atoms with Gasteiger partial charge in [-0.05, 0) is 24.6 Å². The molecule has 2 aromatic carbocycles. The van der Waals surface area contributed by atoms with E-state index in [0.29, 0.717) is 24.2 Å². The monoisotopic (exact) mass is 376 g/mol. The van der Waals surface area contributed by atoms with Crippen LogP contribution in [0.1, 0.15) is 22.8 Å². The highest BCUT2D eigenvalue weighted by atomic mass is 16.5. The summed E-state index contributed by atoms with van der Waals surface area (Å²) in [5, 5.41) is 13.1. The molecule has 28 heavy (non-hydrogen) atoms. The molecule has 0 amide bonds. The minimum absolute atomic E-state index is 0.196. The molecule has 0 aliphatic heterocycles. The summed E-state index contributed by atoms with van der Waals surface area (Å²) in [7, 11) is 1.39. The number of methoxy groups -OCH3 is 1. The van der Waals surface area contributed by atoms with E-state index in [1.54, 1.807) is 6.92 Å². The van der Waals surface area contributed by atoms with E-state index in [9.17, 15) is 9.90 Å². The van der Waals surface area contributed by atoms with Gasteiger partial charge in [0.25, 0.3) is 0 Å². The number of nitrogens with zero attached hydrogens (tertiary/aromatic N) is 2. The topological polar surface area (TPSA) is 78.3 Å². The average molecular weight is 376 g/mol. The molecule has 0 saturated carbocycles. The van der Waals surface area contributed by atoms with Gasteiger partial charge in [0.15, 0.2) is 6.54 Å². The maximum absolute atomic E-state index is 12.7. The predicted octanol–water partition coefficient (Wildman–Crippen LogP) is 2.49. The van der Waals surface area contributed by atoms with E-state index in [2.05, 4.69) is 11.9 Å². The molecule has 6 heteroatoms. The number of carbonyl (C=O) groups is 1. The van der Waals surface area contributed by atoms with Crippen molar-refractivity contribution in [2.75, 3.05) is 13.7 Å². The van der Waals surface area contributed by atoms with Crippen LogP contribution in [0.5, 0.6) is 0 Å². The van der Waals surface area contributed by atoms with Crippen LogP contribution >= 0.6 is 0 Å². The maximum atomic E-state index is 12.7. The van der Waals surface area contributed by atoms with Gasteiger partial charge >= 0.3 is 11.9 Å². The number of ether oxygens (including phenoxy) is 1. The molecule has 4 rings (SSSR count). The van der Waals surface area contributed by atoms with Crippen molar-refractivity contribution in [1.29, 1.82) is 0 Å². The number of para-hydroxylation sites is 1. The van der Waals surface area contributed by atoms with Gasteiger partial charge in [-0.2, -0.15) is 0 Å². The van der Waals surface area contributed by atoms with E-state index in [0.717, 1.165) is 32.6 Å². The third-order valence-electron chi connectivity index (χ3n) is 5.09. The lowest BCUT2D eigenvalue weighted by atomic mass is 9.96. The Bertz CT molecular complexity index is 1250. The number of rotatable bonds is 4. The van der Waals surface area contributed by atoms with Gasteiger partial charge in [-0.3, -0.25) is 0 Å². The summed E-state index contributed by atoms with van der Waals surface area (Å²) in [5.41, 5.74) is 3.13. The maximum Gasteiger partial charge on any atom is 0.340 e. The van der Waals surface area contributed by atoms with Gasteiger partial charge in [-0.1, -0.05) is 18.2 Å². The van der Waals surface area contributed by atoms with Crippen molar-refractivity contribution < 1.29 is 19.6 Å². The molecule has 0 atom stereocenters. The largest absolute Gasteiger partial charge is 0.465 e. The molecule has 2 aromatic heterocycles. The molecule has 0 aliphatic carbocycles. The van der Waals surface area contributed by atoms with Crippen LogP contribution in [0.2, 0.25) is 0 Å². The number of aliphatic hydroxyl groups is 1. The van der Waals surface area contributed by atoms with Crippen LogP contribution in [0.15, 0.2) is 42.7 Å². The lowest BCUT2D eigenvalue weighted by Crippen LogP contribution is -2.73. The van der Waals surface area contributed by atoms with Crippen LogP contribution in [0, 0.1) is 6.92 Å². The van der Waals surface area contributed by atoms with E-state index < -0.39 is 0 Å². The van der Waals surface area contributed by atoms with Gasteiger partial charge in [-0.15, -0.1) is 0 Å². The first-order valence-corrected chi connectivity index (χ1v) is 9.16. The Morgan fingerprint density at radius 1 is 1.21 bits per heavy atom. The number of aryl methyl sites for hydroxylation is 1. The number of benzene rings is 2. The fraction of sp³-hybridized carbons (Fsp3) is 0.227. The summed E-state index contributed by atoms with van der Waals surface area (Å²) >= 11 is 0. The lowest BCUT2D eigenvalue weighted by Gasteiger charge is -2.13. The third-order valence-corrected chi connectivity index (χ3v) is 5.09. The molecule has 6 nitrogen and oxygen atoms in total. The zero-order valence-electron chi connectivity index (χ0n) is 16.1. The number of aromatic nitrogens is 2. The normalized spacial score (nSPS) is 12.2. The van der Waals surface area contributed by atoms with Crippen molar-refractivity contribution >= 4 is 44.4 Å². The number of aliphatic hydroxyl groups excluding tert-OH is 1. The Morgan fingerprint density at radius 3 is 2.75 bits per heavy atom. The standard InChI is InChI=1S/C22H21N3O3/c1-13-17-12-25(11-9-23-14(2)26)10-8-15(17)20(22(27)28-3)21-19(13)16-6-4-5-7-18(16)24-21/h4-8,10,12H,9,11H2,1-3H3,(H,23,26)/p+1. The fourth-order valence-electron chi connectivity index (χ4n) is 3.78. The summed E-state index contributed by atoms with van der Waals surface area (Å²) in [6, 6.07) is 9.85. The van der Waals surface area contributed by atoms with Gasteiger partial charge in [0.1, 0.15) is 0 Å². The molecule has 0 aliphatic rings. The Morgan fingerprint density at radius 2 is 2.00 bits per heavy atom. The second-order valence-corrected chi connectivity index (χ2v) is 6.87. The van der Waals surface area contributed by atoms with Crippen LogP contribution in [0.4, 0.5) is 0 Å². The number of hydrogen-bond acceptors (Lipinski definition) is 3. The van der Waals surface area contributed by atoms with Crippen molar-refractivity contribution in [3.63, 3.8) is 0 Å². The SMILES string of the molecule is COC(=O)c1c2ccn(CC[NH+]=C(C)O)cc2c(C)c2c1nc1ccccc12. The van der Waals surface area contributed by atoms with Crippen molar-refractivity contribution in [3.8, 4) is 0 Å². The van der Waals surface area contributed by atoms with Crippen LogP contribution in [-0.2, 0) is 11.3 Å². The molecule has 0 radical (unpaired) electrons. The minimum Gasteiger partial charge on any atom is -0.465 e. The lowest BCUT2D eigenvalue weighted by molar-refractivity contribution is -0.468. The van der Waals surface area contributed by atoms with Crippen molar-refractivity contribution in [2.24, 2.45) is 0 Å². The molecular weight excluding hydrogens is 354 g/mol. The van der Waals surface area contributed by atoms with Crippen molar-refractivity contribution in [2.45, 2.75) is 20.4 Å².